The van der Waals surface area contributed by atoms with Crippen molar-refractivity contribution < 1.29 is 14.6 Å². The molecule has 2 rings (SSSR count). The van der Waals surface area contributed by atoms with Gasteiger partial charge in [-0.2, -0.15) is 0 Å². The maximum Gasteiger partial charge on any atom is 0.250 e. The summed E-state index contributed by atoms with van der Waals surface area (Å²) < 4.78 is 5.40. The number of hydrogen-bond acceptors (Lipinski definition) is 4. The Balaban J connectivity index is 1.79. The number of halogens is 1. The van der Waals surface area contributed by atoms with Gasteiger partial charge in [0, 0.05) is 30.0 Å². The molecule has 0 bridgehead atoms. The molecular weight excluding hydrogens is 328 g/mol. The maximum atomic E-state index is 11.9. The maximum absolute atomic E-state index is 11.9. The van der Waals surface area contributed by atoms with E-state index >= 15 is 0 Å². The summed E-state index contributed by atoms with van der Waals surface area (Å²) in [6.45, 7) is 0.898. The molecule has 0 aromatic heterocycles. The van der Waals surface area contributed by atoms with Crippen molar-refractivity contribution in [3.8, 4) is 0 Å². The number of rotatable bonds is 8. The molecule has 5 nitrogen and oxygen atoms in total. The molecule has 6 heteroatoms. The van der Waals surface area contributed by atoms with Crippen molar-refractivity contribution in [2.24, 2.45) is 0 Å². The van der Waals surface area contributed by atoms with E-state index in [9.17, 15) is 4.79 Å². The molecule has 0 unspecified atom stereocenters. The van der Waals surface area contributed by atoms with Gasteiger partial charge in [-0.05, 0) is 35.9 Å². The van der Waals surface area contributed by atoms with Crippen LogP contribution in [0.25, 0.3) is 0 Å². The Hall–Kier alpha value is -2.08. The molecule has 2 aromatic carbocycles. The zero-order chi connectivity index (χ0) is 17.4. The number of ether oxygens (including phenoxy) is 1. The summed E-state index contributed by atoms with van der Waals surface area (Å²) in [5, 5.41) is 12.3. The molecule has 1 amide bonds. The van der Waals surface area contributed by atoms with Gasteiger partial charge in [0.1, 0.15) is 6.61 Å². The lowest BCUT2D eigenvalue weighted by Gasteiger charge is -2.18. The fourth-order valence-corrected chi connectivity index (χ4v) is 2.33. The molecular formula is C18H21ClN2O3. The van der Waals surface area contributed by atoms with Crippen molar-refractivity contribution in [3.63, 3.8) is 0 Å². The van der Waals surface area contributed by atoms with Crippen molar-refractivity contribution in [1.29, 1.82) is 0 Å². The number of likely N-dealkylation sites (N-methyl/N-ethyl adjacent to an activating group) is 1. The third kappa shape index (κ3) is 5.53. The smallest absolute Gasteiger partial charge is 0.250 e. The predicted octanol–water partition coefficient (Wildman–Crippen LogP) is 2.92. The van der Waals surface area contributed by atoms with Gasteiger partial charge in [0.05, 0.1) is 13.2 Å². The fraction of sp³-hybridized carbons (Fsp3) is 0.278. The molecule has 24 heavy (non-hydrogen) atoms. The van der Waals surface area contributed by atoms with Crippen LogP contribution in [0.5, 0.6) is 0 Å². The number of aliphatic hydroxyl groups excluding tert-OH is 1. The average molecular weight is 349 g/mol. The van der Waals surface area contributed by atoms with E-state index < -0.39 is 0 Å². The van der Waals surface area contributed by atoms with E-state index in [4.69, 9.17) is 21.4 Å². The van der Waals surface area contributed by atoms with E-state index in [2.05, 4.69) is 5.32 Å². The van der Waals surface area contributed by atoms with E-state index in [-0.39, 0.29) is 25.7 Å². The summed E-state index contributed by atoms with van der Waals surface area (Å²) in [7, 11) is 1.90. The Labute approximate surface area is 146 Å². The summed E-state index contributed by atoms with van der Waals surface area (Å²) in [5.74, 6) is -0.224. The molecule has 2 N–H and O–H groups in total. The second kappa shape index (κ2) is 9.27. The van der Waals surface area contributed by atoms with Gasteiger partial charge in [-0.25, -0.2) is 0 Å². The van der Waals surface area contributed by atoms with Crippen LogP contribution in [0.4, 0.5) is 11.4 Å². The molecule has 0 aliphatic carbocycles. The number of anilines is 2. The van der Waals surface area contributed by atoms with Crippen LogP contribution < -0.4 is 10.2 Å². The van der Waals surface area contributed by atoms with Gasteiger partial charge in [-0.15, -0.1) is 0 Å². The summed E-state index contributed by atoms with van der Waals surface area (Å²) in [4.78, 5) is 13.8. The molecule has 128 valence electrons. The second-order valence-corrected chi connectivity index (χ2v) is 5.73. The molecule has 0 atom stereocenters. The van der Waals surface area contributed by atoms with Crippen molar-refractivity contribution in [1.82, 2.24) is 0 Å². The van der Waals surface area contributed by atoms with E-state index in [0.29, 0.717) is 17.3 Å². The van der Waals surface area contributed by atoms with Crippen LogP contribution in [0.3, 0.4) is 0 Å². The largest absolute Gasteiger partial charge is 0.395 e. The number of benzene rings is 2. The minimum Gasteiger partial charge on any atom is -0.395 e. The van der Waals surface area contributed by atoms with Gasteiger partial charge in [0.25, 0.3) is 0 Å². The lowest BCUT2D eigenvalue weighted by atomic mass is 10.2. The third-order valence-electron chi connectivity index (χ3n) is 3.48. The van der Waals surface area contributed by atoms with Crippen molar-refractivity contribution >= 4 is 28.9 Å². The first kappa shape index (κ1) is 18.3. The Morgan fingerprint density at radius 2 is 1.92 bits per heavy atom. The quantitative estimate of drug-likeness (QED) is 0.770. The fourth-order valence-electron chi connectivity index (χ4n) is 2.14. The molecule has 0 aliphatic heterocycles. The number of hydrogen-bond donors (Lipinski definition) is 2. The molecule has 0 heterocycles. The van der Waals surface area contributed by atoms with Crippen LogP contribution in [-0.2, 0) is 16.1 Å². The molecule has 0 fully saturated rings. The van der Waals surface area contributed by atoms with Crippen molar-refractivity contribution in [3.05, 3.63) is 59.1 Å². The monoisotopic (exact) mass is 348 g/mol. The first-order chi connectivity index (χ1) is 11.6. The van der Waals surface area contributed by atoms with Gasteiger partial charge in [-0.3, -0.25) is 4.79 Å². The van der Waals surface area contributed by atoms with Crippen LogP contribution >= 0.6 is 11.6 Å². The minimum atomic E-state index is -0.224. The van der Waals surface area contributed by atoms with Gasteiger partial charge in [0.2, 0.25) is 5.91 Å². The number of carbonyl (C=O) groups is 1. The van der Waals surface area contributed by atoms with E-state index in [1.807, 2.05) is 54.4 Å². The zero-order valence-corrected chi connectivity index (χ0v) is 14.3. The van der Waals surface area contributed by atoms with Crippen LogP contribution in [0.2, 0.25) is 5.02 Å². The summed E-state index contributed by atoms with van der Waals surface area (Å²) in [5.41, 5.74) is 2.52. The topological polar surface area (TPSA) is 61.8 Å². The number of nitrogens with one attached hydrogen (secondary N) is 1. The molecule has 0 radical (unpaired) electrons. The number of nitrogens with zero attached hydrogens (tertiary/aromatic N) is 1. The van der Waals surface area contributed by atoms with Crippen molar-refractivity contribution in [2.75, 3.05) is 37.0 Å². The number of aliphatic hydroxyl groups is 1. The van der Waals surface area contributed by atoms with Gasteiger partial charge < -0.3 is 20.1 Å². The van der Waals surface area contributed by atoms with Crippen LogP contribution in [-0.4, -0.2) is 37.8 Å². The lowest BCUT2D eigenvalue weighted by molar-refractivity contribution is -0.121. The molecule has 0 spiro atoms. The standard InChI is InChI=1S/C18H21ClN2O3/c1-21(10-11-22)16-8-6-15(7-9-16)20-18(23)13-24-12-14-4-2-3-5-17(14)19/h2-9,22H,10-13H2,1H3,(H,20,23). The van der Waals surface area contributed by atoms with E-state index in [0.717, 1.165) is 11.3 Å². The van der Waals surface area contributed by atoms with Crippen LogP contribution in [0.1, 0.15) is 5.56 Å². The summed E-state index contributed by atoms with van der Waals surface area (Å²) in [6.07, 6.45) is 0. The van der Waals surface area contributed by atoms with Gasteiger partial charge in [-0.1, -0.05) is 29.8 Å². The molecule has 0 saturated carbocycles. The Kier molecular flexibility index (Phi) is 7.06. The molecule has 0 saturated heterocycles. The highest BCUT2D eigenvalue weighted by Crippen LogP contribution is 2.17. The predicted molar refractivity (Wildman–Crippen MR) is 96.5 cm³/mol. The highest BCUT2D eigenvalue weighted by Gasteiger charge is 2.05. The third-order valence-corrected chi connectivity index (χ3v) is 3.84. The van der Waals surface area contributed by atoms with Crippen molar-refractivity contribution in [2.45, 2.75) is 6.61 Å². The van der Waals surface area contributed by atoms with E-state index in [1.165, 1.54) is 0 Å². The summed E-state index contributed by atoms with van der Waals surface area (Å²) in [6, 6.07) is 14.8. The first-order valence-corrected chi connectivity index (χ1v) is 8.01. The SMILES string of the molecule is CN(CCO)c1ccc(NC(=O)COCc2ccccc2Cl)cc1. The van der Waals surface area contributed by atoms with Gasteiger partial charge >= 0.3 is 0 Å². The molecule has 0 aliphatic rings. The zero-order valence-electron chi connectivity index (χ0n) is 13.5. The Morgan fingerprint density at radius 3 is 2.58 bits per heavy atom. The number of carbonyl (C=O) groups excluding carboxylic acids is 1. The first-order valence-electron chi connectivity index (χ1n) is 7.63. The lowest BCUT2D eigenvalue weighted by Crippen LogP contribution is -2.21. The second-order valence-electron chi connectivity index (χ2n) is 5.32. The summed E-state index contributed by atoms with van der Waals surface area (Å²) >= 11 is 6.03. The van der Waals surface area contributed by atoms with E-state index in [1.54, 1.807) is 6.07 Å². The Bertz CT molecular complexity index is 662. The highest BCUT2D eigenvalue weighted by molar-refractivity contribution is 6.31. The van der Waals surface area contributed by atoms with Gasteiger partial charge in [0.15, 0.2) is 0 Å². The van der Waals surface area contributed by atoms with Crippen LogP contribution in [0.15, 0.2) is 48.5 Å². The Morgan fingerprint density at radius 1 is 1.21 bits per heavy atom. The molecule has 2 aromatic rings. The minimum absolute atomic E-state index is 0.0443. The average Bonchev–Trinajstić information content (AvgIpc) is 2.57. The normalized spacial score (nSPS) is 10.5. The van der Waals surface area contributed by atoms with Crippen LogP contribution in [0, 0.1) is 0 Å². The number of amides is 1. The highest BCUT2D eigenvalue weighted by atomic mass is 35.5.